The molecule has 0 amide bonds. The molecule has 5 heteroatoms. The molecule has 0 spiro atoms. The van der Waals surface area contributed by atoms with E-state index in [9.17, 15) is 10.5 Å². The molecule has 2 aromatic heterocycles. The van der Waals surface area contributed by atoms with Crippen molar-refractivity contribution in [3.63, 3.8) is 0 Å². The summed E-state index contributed by atoms with van der Waals surface area (Å²) in [5.74, 6) is -0.815. The van der Waals surface area contributed by atoms with Crippen molar-refractivity contribution in [1.29, 1.82) is 10.5 Å². The fourth-order valence-electron chi connectivity index (χ4n) is 10.4. The minimum atomic E-state index is -0.815. The normalized spacial score (nSPS) is 14.5. The number of hydrogen-bond acceptors (Lipinski definition) is 2. The first-order chi connectivity index (χ1) is 27.1. The van der Waals surface area contributed by atoms with Gasteiger partial charge in [-0.2, -0.15) is 10.5 Å². The molecule has 11 rings (SSSR count). The SMILES string of the molecule is Cc1c(-n2c3ccccc3c3cc4c(cc32)C(C)(C)c2ccccc2-4)c(C#N)c(F)c(C#N)c1-n1c2ccccc2c2cc3c(cc21)C(C)(C)c1ccccc1-3. The number of fused-ring (bicyclic) bond motifs is 12. The quantitative estimate of drug-likeness (QED) is 0.178. The topological polar surface area (TPSA) is 57.4 Å². The fraction of sp³-hybridized carbons (Fsp3) is 0.137. The van der Waals surface area contributed by atoms with Crippen LogP contribution in [-0.4, -0.2) is 9.13 Å². The molecule has 9 aromatic rings. The van der Waals surface area contributed by atoms with E-state index in [1.165, 1.54) is 44.5 Å². The maximum absolute atomic E-state index is 17.3. The Balaban J connectivity index is 1.28. The molecule has 0 aliphatic heterocycles. The van der Waals surface area contributed by atoms with E-state index in [1.807, 2.05) is 43.3 Å². The zero-order valence-electron chi connectivity index (χ0n) is 31.7. The molecular weight excluding hydrogens is 688 g/mol. The molecule has 0 saturated carbocycles. The average molecular weight is 723 g/mol. The summed E-state index contributed by atoms with van der Waals surface area (Å²) in [7, 11) is 0. The Kier molecular flexibility index (Phi) is 6.29. The van der Waals surface area contributed by atoms with Crippen molar-refractivity contribution in [2.24, 2.45) is 0 Å². The number of halogens is 1. The molecule has 56 heavy (non-hydrogen) atoms. The highest BCUT2D eigenvalue weighted by atomic mass is 19.1. The van der Waals surface area contributed by atoms with Gasteiger partial charge in [0.25, 0.3) is 0 Å². The molecule has 0 fully saturated rings. The van der Waals surface area contributed by atoms with Crippen LogP contribution in [0.5, 0.6) is 0 Å². The molecule has 7 aromatic carbocycles. The molecule has 0 atom stereocenters. The molecule has 2 heterocycles. The van der Waals surface area contributed by atoms with Crippen molar-refractivity contribution < 1.29 is 4.39 Å². The smallest absolute Gasteiger partial charge is 0.163 e. The summed E-state index contributed by atoms with van der Waals surface area (Å²) in [5, 5.41) is 25.7. The lowest BCUT2D eigenvalue weighted by molar-refractivity contribution is 0.617. The van der Waals surface area contributed by atoms with Crippen LogP contribution in [0.4, 0.5) is 4.39 Å². The van der Waals surface area contributed by atoms with Crippen molar-refractivity contribution in [3.8, 4) is 45.8 Å². The van der Waals surface area contributed by atoms with Gasteiger partial charge in [0.2, 0.25) is 0 Å². The van der Waals surface area contributed by atoms with E-state index in [-0.39, 0.29) is 22.0 Å². The first-order valence-electron chi connectivity index (χ1n) is 19.1. The molecule has 0 unspecified atom stereocenters. The van der Waals surface area contributed by atoms with E-state index in [2.05, 4.69) is 134 Å². The minimum Gasteiger partial charge on any atom is -0.307 e. The Labute approximate surface area is 323 Å². The lowest BCUT2D eigenvalue weighted by Gasteiger charge is -2.23. The zero-order valence-corrected chi connectivity index (χ0v) is 31.7. The minimum absolute atomic E-state index is 0.147. The first-order valence-corrected chi connectivity index (χ1v) is 19.1. The summed E-state index contributed by atoms with van der Waals surface area (Å²) >= 11 is 0. The van der Waals surface area contributed by atoms with E-state index in [4.69, 9.17) is 0 Å². The van der Waals surface area contributed by atoms with Gasteiger partial charge in [-0.1, -0.05) is 113 Å². The summed E-state index contributed by atoms with van der Waals surface area (Å²) in [6, 6.07) is 46.9. The summed E-state index contributed by atoms with van der Waals surface area (Å²) in [5.41, 5.74) is 13.9. The largest absolute Gasteiger partial charge is 0.307 e. The van der Waals surface area contributed by atoms with Crippen LogP contribution in [0.25, 0.3) is 77.2 Å². The molecule has 0 radical (unpaired) electrons. The van der Waals surface area contributed by atoms with Crippen molar-refractivity contribution in [2.45, 2.75) is 45.4 Å². The van der Waals surface area contributed by atoms with Crippen LogP contribution in [-0.2, 0) is 10.8 Å². The molecule has 266 valence electrons. The van der Waals surface area contributed by atoms with Gasteiger partial charge in [0.05, 0.1) is 33.4 Å². The third-order valence-electron chi connectivity index (χ3n) is 13.0. The molecule has 2 aliphatic carbocycles. The average Bonchev–Trinajstić information content (AvgIpc) is 3.85. The molecule has 4 nitrogen and oxygen atoms in total. The fourth-order valence-corrected chi connectivity index (χ4v) is 10.4. The highest BCUT2D eigenvalue weighted by Crippen LogP contribution is 2.53. The Morgan fingerprint density at radius 2 is 0.857 bits per heavy atom. The zero-order chi connectivity index (χ0) is 38.4. The van der Waals surface area contributed by atoms with E-state index in [0.717, 1.165) is 43.6 Å². The monoisotopic (exact) mass is 722 g/mol. The first kappa shape index (κ1) is 32.5. The number of rotatable bonds is 2. The van der Waals surface area contributed by atoms with E-state index >= 15 is 4.39 Å². The second kappa shape index (κ2) is 10.8. The van der Waals surface area contributed by atoms with Crippen LogP contribution < -0.4 is 0 Å². The highest BCUT2D eigenvalue weighted by molar-refractivity contribution is 6.14. The van der Waals surface area contributed by atoms with Crippen molar-refractivity contribution in [2.75, 3.05) is 0 Å². The van der Waals surface area contributed by atoms with E-state index < -0.39 is 5.82 Å². The number of hydrogen-bond donors (Lipinski definition) is 0. The molecule has 2 aliphatic rings. The summed E-state index contributed by atoms with van der Waals surface area (Å²) in [4.78, 5) is 0. The predicted molar refractivity (Wildman–Crippen MR) is 224 cm³/mol. The maximum atomic E-state index is 17.3. The van der Waals surface area contributed by atoms with Gasteiger partial charge in [0.15, 0.2) is 5.82 Å². The highest BCUT2D eigenvalue weighted by Gasteiger charge is 2.38. The summed E-state index contributed by atoms with van der Waals surface area (Å²) in [6.07, 6.45) is 0. The number of para-hydroxylation sites is 2. The Morgan fingerprint density at radius 3 is 1.29 bits per heavy atom. The van der Waals surface area contributed by atoms with Crippen LogP contribution in [0.3, 0.4) is 0 Å². The molecule has 0 saturated heterocycles. The van der Waals surface area contributed by atoms with Gasteiger partial charge in [0.1, 0.15) is 23.3 Å². The Bertz CT molecular complexity index is 3140. The summed E-state index contributed by atoms with van der Waals surface area (Å²) < 4.78 is 21.5. The molecular formula is C51H35FN4. The van der Waals surface area contributed by atoms with Crippen LogP contribution in [0.2, 0.25) is 0 Å². The number of nitrogens with zero attached hydrogens (tertiary/aromatic N) is 4. The second-order valence-electron chi connectivity index (χ2n) is 16.5. The Morgan fingerprint density at radius 1 is 0.464 bits per heavy atom. The van der Waals surface area contributed by atoms with E-state index in [1.54, 1.807) is 0 Å². The maximum Gasteiger partial charge on any atom is 0.163 e. The van der Waals surface area contributed by atoms with Crippen molar-refractivity contribution in [1.82, 2.24) is 9.13 Å². The van der Waals surface area contributed by atoms with Crippen LogP contribution in [0, 0.1) is 35.4 Å². The van der Waals surface area contributed by atoms with Crippen LogP contribution >= 0.6 is 0 Å². The van der Waals surface area contributed by atoms with Gasteiger partial charge in [-0.05, 0) is 87.8 Å². The van der Waals surface area contributed by atoms with Crippen LogP contribution in [0.1, 0.15) is 66.6 Å². The molecule has 0 N–H and O–H groups in total. The van der Waals surface area contributed by atoms with Gasteiger partial charge in [-0.25, -0.2) is 4.39 Å². The van der Waals surface area contributed by atoms with Gasteiger partial charge >= 0.3 is 0 Å². The standard InChI is InChI=1S/C51H35FN4/c1-28-48(55-43-20-12-8-16-31(43)35-22-33-29-14-6-10-18-39(29)50(2,3)41(33)24-45(35)55)37(26-53)47(52)38(27-54)49(28)56-44-21-13-9-17-32(44)36-23-34-30-15-7-11-19-40(30)51(4,5)42(34)25-46(36)56/h6-25H,1-5H3. The number of nitriles is 2. The van der Waals surface area contributed by atoms with Gasteiger partial charge in [-0.3, -0.25) is 0 Å². The van der Waals surface area contributed by atoms with Gasteiger partial charge in [0, 0.05) is 37.9 Å². The number of aromatic nitrogens is 2. The van der Waals surface area contributed by atoms with Crippen LogP contribution in [0.15, 0.2) is 121 Å². The molecule has 0 bridgehead atoms. The number of benzene rings is 7. The third-order valence-corrected chi connectivity index (χ3v) is 13.0. The van der Waals surface area contributed by atoms with E-state index in [0.29, 0.717) is 16.9 Å². The Hall–Kier alpha value is -6.95. The van der Waals surface area contributed by atoms with Gasteiger partial charge < -0.3 is 9.13 Å². The third kappa shape index (κ3) is 3.85. The van der Waals surface area contributed by atoms with Crippen molar-refractivity contribution >= 4 is 43.6 Å². The lowest BCUT2D eigenvalue weighted by atomic mass is 9.82. The van der Waals surface area contributed by atoms with Gasteiger partial charge in [-0.15, -0.1) is 0 Å². The summed E-state index contributed by atoms with van der Waals surface area (Å²) in [6.45, 7) is 10.9. The van der Waals surface area contributed by atoms with Crippen molar-refractivity contribution in [3.05, 3.63) is 166 Å². The predicted octanol–water partition coefficient (Wildman–Crippen LogP) is 12.7. The lowest BCUT2D eigenvalue weighted by Crippen LogP contribution is -2.15. The second-order valence-corrected chi connectivity index (χ2v) is 16.5.